The summed E-state index contributed by atoms with van der Waals surface area (Å²) in [7, 11) is -3.75. The standard InChI is InChI=1S/C24H32BrN3O4S/c1-6-18(3)26-24(30)19(4)27(15-20-12-10-17(2)11-13-20)23(29)16-28(33(5,31)32)22-9-7-8-21(25)14-22/h7-14,18-19H,6,15-16H2,1-5H3,(H,26,30). The molecule has 0 aliphatic carbocycles. The number of hydrogen-bond acceptors (Lipinski definition) is 4. The molecule has 180 valence electrons. The monoisotopic (exact) mass is 537 g/mol. The highest BCUT2D eigenvalue weighted by atomic mass is 79.9. The molecule has 9 heteroatoms. The van der Waals surface area contributed by atoms with Crippen LogP contribution in [0.1, 0.15) is 38.3 Å². The van der Waals surface area contributed by atoms with Crippen LogP contribution in [-0.2, 0) is 26.2 Å². The van der Waals surface area contributed by atoms with E-state index in [-0.39, 0.29) is 18.5 Å². The van der Waals surface area contributed by atoms with Crippen LogP contribution >= 0.6 is 15.9 Å². The predicted octanol–water partition coefficient (Wildman–Crippen LogP) is 3.86. The molecule has 0 aliphatic heterocycles. The van der Waals surface area contributed by atoms with Crippen molar-refractivity contribution in [2.24, 2.45) is 0 Å². The molecule has 0 aliphatic rings. The van der Waals surface area contributed by atoms with Crippen LogP contribution in [0.3, 0.4) is 0 Å². The van der Waals surface area contributed by atoms with Crippen LogP contribution in [0.2, 0.25) is 0 Å². The lowest BCUT2D eigenvalue weighted by molar-refractivity contribution is -0.139. The maximum absolute atomic E-state index is 13.5. The summed E-state index contributed by atoms with van der Waals surface area (Å²) in [5, 5.41) is 2.91. The van der Waals surface area contributed by atoms with Crippen molar-refractivity contribution < 1.29 is 18.0 Å². The third-order valence-corrected chi connectivity index (χ3v) is 7.05. The van der Waals surface area contributed by atoms with Crippen molar-refractivity contribution in [2.75, 3.05) is 17.1 Å². The molecule has 7 nitrogen and oxygen atoms in total. The van der Waals surface area contributed by atoms with E-state index in [1.807, 2.05) is 45.0 Å². The summed E-state index contributed by atoms with van der Waals surface area (Å²) >= 11 is 3.34. The Morgan fingerprint density at radius 3 is 2.27 bits per heavy atom. The summed E-state index contributed by atoms with van der Waals surface area (Å²) in [5.41, 5.74) is 2.30. The maximum atomic E-state index is 13.5. The second-order valence-electron chi connectivity index (χ2n) is 8.25. The average Bonchev–Trinajstić information content (AvgIpc) is 2.75. The summed E-state index contributed by atoms with van der Waals surface area (Å²) < 4.78 is 26.8. The number of hydrogen-bond donors (Lipinski definition) is 1. The average molecular weight is 539 g/mol. The molecule has 0 saturated heterocycles. The molecule has 2 rings (SSSR count). The normalized spacial score (nSPS) is 13.2. The van der Waals surface area contributed by atoms with Gasteiger partial charge < -0.3 is 10.2 Å². The zero-order valence-electron chi connectivity index (χ0n) is 19.7. The van der Waals surface area contributed by atoms with E-state index < -0.39 is 28.5 Å². The van der Waals surface area contributed by atoms with Crippen molar-refractivity contribution in [1.82, 2.24) is 10.2 Å². The first kappa shape index (κ1) is 26.9. The Morgan fingerprint density at radius 2 is 1.73 bits per heavy atom. The second-order valence-corrected chi connectivity index (χ2v) is 11.1. The van der Waals surface area contributed by atoms with Crippen LogP contribution in [0.4, 0.5) is 5.69 Å². The number of carbonyl (C=O) groups excluding carboxylic acids is 2. The highest BCUT2D eigenvalue weighted by molar-refractivity contribution is 9.10. The van der Waals surface area contributed by atoms with Gasteiger partial charge >= 0.3 is 0 Å². The first-order chi connectivity index (χ1) is 15.4. The molecule has 0 saturated carbocycles. The van der Waals surface area contributed by atoms with E-state index in [1.165, 1.54) is 4.90 Å². The van der Waals surface area contributed by atoms with Crippen LogP contribution in [-0.4, -0.2) is 50.0 Å². The third-order valence-electron chi connectivity index (χ3n) is 5.42. The zero-order chi connectivity index (χ0) is 24.8. The van der Waals surface area contributed by atoms with Gasteiger partial charge in [0.2, 0.25) is 21.8 Å². The van der Waals surface area contributed by atoms with Gasteiger partial charge in [-0.3, -0.25) is 13.9 Å². The van der Waals surface area contributed by atoms with Crippen LogP contribution in [0, 0.1) is 6.92 Å². The quantitative estimate of drug-likeness (QED) is 0.498. The van der Waals surface area contributed by atoms with Gasteiger partial charge in [0.15, 0.2) is 0 Å². The van der Waals surface area contributed by atoms with E-state index in [1.54, 1.807) is 31.2 Å². The SMILES string of the molecule is CCC(C)NC(=O)C(C)N(Cc1ccc(C)cc1)C(=O)CN(c1cccc(Br)c1)S(C)(=O)=O. The van der Waals surface area contributed by atoms with Gasteiger partial charge in [0.25, 0.3) is 0 Å². The largest absolute Gasteiger partial charge is 0.352 e. The number of anilines is 1. The van der Waals surface area contributed by atoms with Crippen LogP contribution < -0.4 is 9.62 Å². The van der Waals surface area contributed by atoms with E-state index >= 15 is 0 Å². The van der Waals surface area contributed by atoms with Gasteiger partial charge in [-0.1, -0.05) is 58.7 Å². The number of sulfonamides is 1. The lowest BCUT2D eigenvalue weighted by Crippen LogP contribution is -2.52. The molecule has 2 aromatic rings. The fourth-order valence-electron chi connectivity index (χ4n) is 3.18. The summed E-state index contributed by atoms with van der Waals surface area (Å²) in [6.07, 6.45) is 1.82. The molecular weight excluding hydrogens is 506 g/mol. The van der Waals surface area contributed by atoms with Crippen molar-refractivity contribution in [3.63, 3.8) is 0 Å². The fourth-order valence-corrected chi connectivity index (χ4v) is 4.41. The van der Waals surface area contributed by atoms with Crippen molar-refractivity contribution in [3.8, 4) is 0 Å². The second kappa shape index (κ2) is 11.7. The van der Waals surface area contributed by atoms with Gasteiger partial charge in [-0.05, 0) is 51.0 Å². The minimum Gasteiger partial charge on any atom is -0.352 e. The van der Waals surface area contributed by atoms with Gasteiger partial charge in [-0.25, -0.2) is 8.42 Å². The predicted molar refractivity (Wildman–Crippen MR) is 135 cm³/mol. The zero-order valence-corrected chi connectivity index (χ0v) is 22.1. The smallest absolute Gasteiger partial charge is 0.244 e. The Labute approximate surface area is 205 Å². The summed E-state index contributed by atoms with van der Waals surface area (Å²) in [4.78, 5) is 27.7. The van der Waals surface area contributed by atoms with Gasteiger partial charge in [0, 0.05) is 17.1 Å². The lowest BCUT2D eigenvalue weighted by atomic mass is 10.1. The Kier molecular flexibility index (Phi) is 9.48. The molecule has 1 N–H and O–H groups in total. The van der Waals surface area contributed by atoms with E-state index in [9.17, 15) is 18.0 Å². The molecule has 0 aromatic heterocycles. The van der Waals surface area contributed by atoms with Gasteiger partial charge in [-0.15, -0.1) is 0 Å². The van der Waals surface area contributed by atoms with E-state index in [0.717, 1.165) is 28.1 Å². The Hall–Kier alpha value is -2.39. The van der Waals surface area contributed by atoms with Crippen molar-refractivity contribution in [2.45, 2.75) is 52.7 Å². The first-order valence-corrected chi connectivity index (χ1v) is 13.4. The number of benzene rings is 2. The van der Waals surface area contributed by atoms with Gasteiger partial charge in [0.1, 0.15) is 12.6 Å². The molecule has 0 bridgehead atoms. The molecule has 2 atom stereocenters. The Balaban J connectivity index is 2.37. The Morgan fingerprint density at radius 1 is 1.09 bits per heavy atom. The molecule has 2 unspecified atom stereocenters. The van der Waals surface area contributed by atoms with Crippen molar-refractivity contribution in [1.29, 1.82) is 0 Å². The van der Waals surface area contributed by atoms with Gasteiger partial charge in [0.05, 0.1) is 11.9 Å². The third kappa shape index (κ3) is 7.85. The summed E-state index contributed by atoms with van der Waals surface area (Å²) in [5.74, 6) is -0.744. The summed E-state index contributed by atoms with van der Waals surface area (Å²) in [6, 6.07) is 13.6. The number of amides is 2. The number of nitrogens with one attached hydrogen (secondary N) is 1. The minimum atomic E-state index is -3.75. The number of nitrogens with zero attached hydrogens (tertiary/aromatic N) is 2. The Bertz CT molecular complexity index is 1070. The van der Waals surface area contributed by atoms with Crippen molar-refractivity contribution >= 4 is 43.5 Å². The van der Waals surface area contributed by atoms with E-state index in [4.69, 9.17) is 0 Å². The maximum Gasteiger partial charge on any atom is 0.244 e. The molecule has 0 fully saturated rings. The van der Waals surface area contributed by atoms with Gasteiger partial charge in [-0.2, -0.15) is 0 Å². The summed E-state index contributed by atoms with van der Waals surface area (Å²) in [6.45, 7) is 7.26. The lowest BCUT2D eigenvalue weighted by Gasteiger charge is -2.32. The van der Waals surface area contributed by atoms with E-state index in [0.29, 0.717) is 10.2 Å². The molecule has 0 radical (unpaired) electrons. The van der Waals surface area contributed by atoms with Crippen LogP contribution in [0.25, 0.3) is 0 Å². The molecule has 2 aromatic carbocycles. The number of carbonyl (C=O) groups is 2. The minimum absolute atomic E-state index is 0.0366. The van der Waals surface area contributed by atoms with Crippen LogP contribution in [0.15, 0.2) is 53.0 Å². The highest BCUT2D eigenvalue weighted by Crippen LogP contribution is 2.23. The molecule has 0 heterocycles. The first-order valence-electron chi connectivity index (χ1n) is 10.8. The number of halogens is 1. The van der Waals surface area contributed by atoms with Crippen molar-refractivity contribution in [3.05, 3.63) is 64.1 Å². The van der Waals surface area contributed by atoms with Crippen LogP contribution in [0.5, 0.6) is 0 Å². The fraction of sp³-hybridized carbons (Fsp3) is 0.417. The molecule has 33 heavy (non-hydrogen) atoms. The molecule has 2 amide bonds. The topological polar surface area (TPSA) is 86.8 Å². The van der Waals surface area contributed by atoms with E-state index in [2.05, 4.69) is 21.2 Å². The highest BCUT2D eigenvalue weighted by Gasteiger charge is 2.30. The molecular formula is C24H32BrN3O4S. The molecule has 0 spiro atoms. The number of rotatable bonds is 10. The number of aryl methyl sites for hydroxylation is 1.